The Labute approximate surface area is 110 Å². The maximum Gasteiger partial charge on any atom is 0.239 e. The number of amides is 2. The number of rotatable bonds is 5. The lowest BCUT2D eigenvalue weighted by Gasteiger charge is -2.18. The predicted octanol–water partition coefficient (Wildman–Crippen LogP) is -0.493. The number of benzene rings is 1. The van der Waals surface area contributed by atoms with Crippen LogP contribution in [0.25, 0.3) is 0 Å². The second kappa shape index (κ2) is 6.39. The summed E-state index contributed by atoms with van der Waals surface area (Å²) in [5, 5.41) is 14.0. The van der Waals surface area contributed by atoms with Crippen LogP contribution < -0.4 is 16.8 Å². The molecule has 0 heterocycles. The molecule has 2 atom stereocenters. The molecule has 0 bridgehead atoms. The molecule has 2 amide bonds. The van der Waals surface area contributed by atoms with Gasteiger partial charge in [-0.2, -0.15) is 0 Å². The van der Waals surface area contributed by atoms with Crippen molar-refractivity contribution in [2.75, 3.05) is 0 Å². The van der Waals surface area contributed by atoms with E-state index in [9.17, 15) is 9.59 Å². The van der Waals surface area contributed by atoms with Crippen LogP contribution in [-0.2, 0) is 9.59 Å². The largest absolute Gasteiger partial charge is 0.409 e. The summed E-state index contributed by atoms with van der Waals surface area (Å²) in [7, 11) is 0. The molecule has 7 heteroatoms. The van der Waals surface area contributed by atoms with Gasteiger partial charge >= 0.3 is 0 Å². The number of amidine groups is 1. The van der Waals surface area contributed by atoms with Crippen molar-refractivity contribution in [1.29, 1.82) is 0 Å². The van der Waals surface area contributed by atoms with Crippen molar-refractivity contribution in [1.82, 2.24) is 5.32 Å². The van der Waals surface area contributed by atoms with Crippen LogP contribution in [0.5, 0.6) is 0 Å². The van der Waals surface area contributed by atoms with Gasteiger partial charge in [-0.05, 0) is 12.5 Å². The lowest BCUT2D eigenvalue weighted by molar-refractivity contribution is -0.127. The number of hydrogen-bond acceptors (Lipinski definition) is 4. The monoisotopic (exact) mass is 264 g/mol. The third kappa shape index (κ3) is 3.70. The topological polar surface area (TPSA) is 131 Å². The van der Waals surface area contributed by atoms with E-state index in [0.29, 0.717) is 5.56 Å². The highest BCUT2D eigenvalue weighted by Crippen LogP contribution is 2.16. The molecule has 6 N–H and O–H groups in total. The fourth-order valence-electron chi connectivity index (χ4n) is 1.53. The normalized spacial score (nSPS) is 14.5. The van der Waals surface area contributed by atoms with Crippen molar-refractivity contribution in [3.05, 3.63) is 35.9 Å². The third-order valence-electron chi connectivity index (χ3n) is 2.59. The molecule has 0 aromatic heterocycles. The summed E-state index contributed by atoms with van der Waals surface area (Å²) >= 11 is 0. The van der Waals surface area contributed by atoms with E-state index in [1.54, 1.807) is 30.3 Å². The van der Waals surface area contributed by atoms with Gasteiger partial charge in [0.1, 0.15) is 12.0 Å². The van der Waals surface area contributed by atoms with Gasteiger partial charge in [-0.25, -0.2) is 0 Å². The summed E-state index contributed by atoms with van der Waals surface area (Å²) in [5.41, 5.74) is 11.1. The highest BCUT2D eigenvalue weighted by molar-refractivity contribution is 6.08. The zero-order chi connectivity index (χ0) is 14.4. The minimum absolute atomic E-state index is 0.264. The highest BCUT2D eigenvalue weighted by atomic mass is 16.4. The summed E-state index contributed by atoms with van der Waals surface area (Å²) < 4.78 is 0. The van der Waals surface area contributed by atoms with Crippen LogP contribution in [-0.4, -0.2) is 28.9 Å². The van der Waals surface area contributed by atoms with Gasteiger partial charge in [-0.15, -0.1) is 0 Å². The quantitative estimate of drug-likeness (QED) is 0.247. The van der Waals surface area contributed by atoms with E-state index >= 15 is 0 Å². The van der Waals surface area contributed by atoms with Crippen LogP contribution in [0.15, 0.2) is 35.5 Å². The smallest absolute Gasteiger partial charge is 0.239 e. The van der Waals surface area contributed by atoms with Gasteiger partial charge in [-0.1, -0.05) is 35.5 Å². The minimum atomic E-state index is -0.979. The van der Waals surface area contributed by atoms with Crippen molar-refractivity contribution in [3.8, 4) is 0 Å². The first-order chi connectivity index (χ1) is 8.97. The molecule has 0 aliphatic heterocycles. The summed E-state index contributed by atoms with van der Waals surface area (Å²) in [4.78, 5) is 23.0. The van der Waals surface area contributed by atoms with Crippen LogP contribution in [0.2, 0.25) is 0 Å². The average Bonchev–Trinajstić information content (AvgIpc) is 2.39. The maximum atomic E-state index is 12.1. The molecule has 19 heavy (non-hydrogen) atoms. The van der Waals surface area contributed by atoms with Crippen LogP contribution >= 0.6 is 0 Å². The van der Waals surface area contributed by atoms with E-state index in [4.69, 9.17) is 16.7 Å². The Morgan fingerprint density at radius 3 is 2.32 bits per heavy atom. The van der Waals surface area contributed by atoms with Crippen molar-refractivity contribution >= 4 is 17.6 Å². The Morgan fingerprint density at radius 2 is 1.84 bits per heavy atom. The molecular weight excluding hydrogens is 248 g/mol. The Kier molecular flexibility index (Phi) is 4.87. The SMILES string of the molecule is CC(NC(=O)C(C(N)=NO)c1ccccc1)C(N)=O. The van der Waals surface area contributed by atoms with E-state index in [1.807, 2.05) is 0 Å². The van der Waals surface area contributed by atoms with Gasteiger partial charge in [0.2, 0.25) is 11.8 Å². The van der Waals surface area contributed by atoms with E-state index in [2.05, 4.69) is 10.5 Å². The van der Waals surface area contributed by atoms with Gasteiger partial charge in [0.25, 0.3) is 0 Å². The van der Waals surface area contributed by atoms with Crippen molar-refractivity contribution < 1.29 is 14.8 Å². The Balaban J connectivity index is 2.99. The number of nitrogens with zero attached hydrogens (tertiary/aromatic N) is 1. The molecule has 0 fully saturated rings. The molecule has 0 saturated carbocycles. The van der Waals surface area contributed by atoms with Gasteiger partial charge in [0, 0.05) is 0 Å². The number of oxime groups is 1. The van der Waals surface area contributed by atoms with Crippen LogP contribution in [0.1, 0.15) is 18.4 Å². The molecule has 102 valence electrons. The molecule has 0 aliphatic carbocycles. The number of carbonyl (C=O) groups is 2. The first-order valence-corrected chi connectivity index (χ1v) is 5.59. The number of primary amides is 1. The Bertz CT molecular complexity index is 487. The third-order valence-corrected chi connectivity index (χ3v) is 2.59. The van der Waals surface area contributed by atoms with Crippen molar-refractivity contribution in [2.45, 2.75) is 18.9 Å². The lowest BCUT2D eigenvalue weighted by Crippen LogP contribution is -2.46. The highest BCUT2D eigenvalue weighted by Gasteiger charge is 2.27. The van der Waals surface area contributed by atoms with Gasteiger partial charge in [-0.3, -0.25) is 9.59 Å². The van der Waals surface area contributed by atoms with Crippen LogP contribution in [0.3, 0.4) is 0 Å². The summed E-state index contributed by atoms with van der Waals surface area (Å²) in [5.74, 6) is -2.47. The van der Waals surface area contributed by atoms with Gasteiger partial charge in [0.05, 0.1) is 0 Å². The number of hydrogen-bond donors (Lipinski definition) is 4. The number of carbonyl (C=O) groups excluding carboxylic acids is 2. The predicted molar refractivity (Wildman–Crippen MR) is 69.4 cm³/mol. The van der Waals surface area contributed by atoms with Gasteiger partial charge < -0.3 is 22.0 Å². The molecule has 1 rings (SSSR count). The first kappa shape index (κ1) is 14.5. The summed E-state index contributed by atoms with van der Waals surface area (Å²) in [6.45, 7) is 1.45. The maximum absolute atomic E-state index is 12.1. The fourth-order valence-corrected chi connectivity index (χ4v) is 1.53. The second-order valence-corrected chi connectivity index (χ2v) is 4.00. The summed E-state index contributed by atoms with van der Waals surface area (Å²) in [6.07, 6.45) is 0. The Hall–Kier alpha value is -2.57. The zero-order valence-corrected chi connectivity index (χ0v) is 10.4. The summed E-state index contributed by atoms with van der Waals surface area (Å²) in [6, 6.07) is 7.70. The minimum Gasteiger partial charge on any atom is -0.409 e. The lowest BCUT2D eigenvalue weighted by atomic mass is 9.97. The number of nitrogens with one attached hydrogen (secondary N) is 1. The molecular formula is C12H16N4O3. The molecule has 0 spiro atoms. The molecule has 0 radical (unpaired) electrons. The molecule has 0 aliphatic rings. The van der Waals surface area contributed by atoms with Crippen LogP contribution in [0, 0.1) is 0 Å². The second-order valence-electron chi connectivity index (χ2n) is 4.00. The van der Waals surface area contributed by atoms with E-state index < -0.39 is 23.8 Å². The van der Waals surface area contributed by atoms with E-state index in [0.717, 1.165) is 0 Å². The molecule has 2 unspecified atom stereocenters. The first-order valence-electron chi connectivity index (χ1n) is 5.59. The molecule has 1 aromatic carbocycles. The fraction of sp³-hybridized carbons (Fsp3) is 0.250. The molecule has 0 saturated heterocycles. The zero-order valence-electron chi connectivity index (χ0n) is 10.4. The average molecular weight is 264 g/mol. The Morgan fingerprint density at radius 1 is 1.26 bits per heavy atom. The van der Waals surface area contributed by atoms with Crippen LogP contribution in [0.4, 0.5) is 0 Å². The van der Waals surface area contributed by atoms with Gasteiger partial charge in [0.15, 0.2) is 5.84 Å². The molecule has 1 aromatic rings. The van der Waals surface area contributed by atoms with E-state index in [1.165, 1.54) is 6.92 Å². The number of nitrogens with two attached hydrogens (primary N) is 2. The standard InChI is InChI=1S/C12H16N4O3/c1-7(11(14)17)15-12(18)9(10(13)16-19)8-5-3-2-4-6-8/h2-7,9,19H,1H3,(H2,13,16)(H2,14,17)(H,15,18). The van der Waals surface area contributed by atoms with Crippen molar-refractivity contribution in [3.63, 3.8) is 0 Å². The van der Waals surface area contributed by atoms with E-state index in [-0.39, 0.29) is 5.84 Å². The van der Waals surface area contributed by atoms with Crippen molar-refractivity contribution in [2.24, 2.45) is 16.6 Å². The molecule has 7 nitrogen and oxygen atoms in total.